The van der Waals surface area contributed by atoms with Crippen molar-refractivity contribution in [1.82, 2.24) is 24.0 Å². The van der Waals surface area contributed by atoms with Crippen molar-refractivity contribution in [2.45, 2.75) is 43.7 Å². The van der Waals surface area contributed by atoms with Crippen molar-refractivity contribution in [3.05, 3.63) is 140 Å². The molecule has 3 unspecified atom stereocenters. The summed E-state index contributed by atoms with van der Waals surface area (Å²) in [5.41, 5.74) is 1.63. The molecule has 2 fully saturated rings. The smallest absolute Gasteiger partial charge is 0.350 e. The third kappa shape index (κ3) is 7.03. The van der Waals surface area contributed by atoms with Gasteiger partial charge in [0.25, 0.3) is 5.56 Å². The predicted molar refractivity (Wildman–Crippen MR) is 188 cm³/mol. The Balaban J connectivity index is 1.42. The van der Waals surface area contributed by atoms with E-state index in [1.807, 2.05) is 54.6 Å². The molecule has 0 spiro atoms. The number of halogens is 1. The van der Waals surface area contributed by atoms with Gasteiger partial charge in [0, 0.05) is 44.0 Å². The van der Waals surface area contributed by atoms with Gasteiger partial charge in [-0.05, 0) is 61.8 Å². The molecule has 12 heteroatoms. The number of nitrogens with zero attached hydrogens (tertiary/aromatic N) is 4. The lowest BCUT2D eigenvalue weighted by molar-refractivity contribution is -0.148. The average Bonchev–Trinajstić information content (AvgIpc) is 3.11. The Labute approximate surface area is 286 Å². The molecule has 0 radical (unpaired) electrons. The zero-order chi connectivity index (χ0) is 33.9. The molecule has 48 heavy (non-hydrogen) atoms. The fourth-order valence-electron chi connectivity index (χ4n) is 7.09. The Bertz CT molecular complexity index is 1730. The van der Waals surface area contributed by atoms with E-state index in [9.17, 15) is 14.2 Å². The van der Waals surface area contributed by atoms with Crippen LogP contribution in [-0.4, -0.2) is 83.0 Å². The topological polar surface area (TPSA) is 100 Å². The Morgan fingerprint density at radius 1 is 0.896 bits per heavy atom. The van der Waals surface area contributed by atoms with Crippen LogP contribution in [-0.2, 0) is 19.4 Å². The number of hydrogen-bond donors (Lipinski definition) is 1. The van der Waals surface area contributed by atoms with E-state index >= 15 is 0 Å². The SMILES string of the molecule is Cc1cn(C2CN(C(c3ccccc3)(c3ccccc3)c3ccccc3)CC(COP(=O)(Cl)N3CCC(N(C)C)CC3)O2)c(=O)[nH]c1=O. The van der Waals surface area contributed by atoms with Crippen molar-refractivity contribution >= 4 is 18.1 Å². The molecule has 3 atom stereocenters. The summed E-state index contributed by atoms with van der Waals surface area (Å²) in [6.45, 7) is -0.293. The summed E-state index contributed by atoms with van der Waals surface area (Å²) in [7, 11) is 4.10. The number of H-pyrrole nitrogens is 1. The first-order chi connectivity index (χ1) is 23.1. The summed E-state index contributed by atoms with van der Waals surface area (Å²) in [6.07, 6.45) is 1.77. The number of rotatable bonds is 10. The van der Waals surface area contributed by atoms with Crippen molar-refractivity contribution in [1.29, 1.82) is 0 Å². The van der Waals surface area contributed by atoms with E-state index in [1.165, 1.54) is 10.8 Å². The highest BCUT2D eigenvalue weighted by atomic mass is 35.7. The molecule has 10 nitrogen and oxygen atoms in total. The van der Waals surface area contributed by atoms with Crippen LogP contribution in [0.15, 0.2) is 107 Å². The summed E-state index contributed by atoms with van der Waals surface area (Å²) in [5.74, 6) is 0. The lowest BCUT2D eigenvalue weighted by Gasteiger charge is -2.50. The lowest BCUT2D eigenvalue weighted by Crippen LogP contribution is -2.58. The van der Waals surface area contributed by atoms with Gasteiger partial charge in [-0.15, -0.1) is 0 Å². The van der Waals surface area contributed by atoms with E-state index in [0.29, 0.717) is 31.2 Å². The predicted octanol–water partition coefficient (Wildman–Crippen LogP) is 5.43. The van der Waals surface area contributed by atoms with Gasteiger partial charge >= 0.3 is 12.6 Å². The Kier molecular flexibility index (Phi) is 10.5. The van der Waals surface area contributed by atoms with Crippen LogP contribution in [0.3, 0.4) is 0 Å². The molecule has 2 aliphatic rings. The van der Waals surface area contributed by atoms with E-state index in [2.05, 4.69) is 65.3 Å². The molecular weight excluding hydrogens is 649 g/mol. The monoisotopic (exact) mass is 691 g/mol. The number of aryl methyl sites for hydroxylation is 1. The van der Waals surface area contributed by atoms with Gasteiger partial charge < -0.3 is 14.2 Å². The first kappa shape index (κ1) is 34.5. The molecule has 3 heterocycles. The van der Waals surface area contributed by atoms with Crippen molar-refractivity contribution in [3.8, 4) is 0 Å². The number of benzene rings is 3. The molecule has 1 aromatic heterocycles. The lowest BCUT2D eigenvalue weighted by atomic mass is 9.75. The van der Waals surface area contributed by atoms with E-state index in [-0.39, 0.29) is 13.2 Å². The minimum Gasteiger partial charge on any atom is -0.350 e. The molecule has 1 N–H and O–H groups in total. The Morgan fingerprint density at radius 3 is 1.92 bits per heavy atom. The zero-order valence-corrected chi connectivity index (χ0v) is 29.2. The Hall–Kier alpha value is -3.34. The highest BCUT2D eigenvalue weighted by Gasteiger charge is 2.47. The normalized spacial score (nSPS) is 21.3. The molecule has 254 valence electrons. The number of aromatic amines is 1. The highest BCUT2D eigenvalue weighted by molar-refractivity contribution is 7.83. The fraction of sp³-hybridized carbons (Fsp3) is 0.389. The molecule has 2 saturated heterocycles. The van der Waals surface area contributed by atoms with E-state index in [4.69, 9.17) is 20.5 Å². The van der Waals surface area contributed by atoms with Crippen LogP contribution in [0.25, 0.3) is 0 Å². The van der Waals surface area contributed by atoms with Gasteiger partial charge in [0.15, 0.2) is 6.23 Å². The van der Waals surface area contributed by atoms with E-state index in [1.54, 1.807) is 11.6 Å². The number of hydrogen-bond acceptors (Lipinski definition) is 7. The molecule has 0 aliphatic carbocycles. The highest BCUT2D eigenvalue weighted by Crippen LogP contribution is 2.57. The van der Waals surface area contributed by atoms with Gasteiger partial charge in [0.1, 0.15) is 0 Å². The van der Waals surface area contributed by atoms with Gasteiger partial charge in [-0.1, -0.05) is 91.0 Å². The third-order valence-corrected chi connectivity index (χ3v) is 12.1. The maximum Gasteiger partial charge on any atom is 0.363 e. The second-order valence-electron chi connectivity index (χ2n) is 12.8. The van der Waals surface area contributed by atoms with Crippen molar-refractivity contribution in [2.24, 2.45) is 0 Å². The molecule has 0 bridgehead atoms. The van der Waals surface area contributed by atoms with E-state index < -0.39 is 36.0 Å². The summed E-state index contributed by atoms with van der Waals surface area (Å²) >= 11 is 6.67. The summed E-state index contributed by atoms with van der Waals surface area (Å²) < 4.78 is 29.6. The Morgan fingerprint density at radius 2 is 1.42 bits per heavy atom. The third-order valence-electron chi connectivity index (χ3n) is 9.58. The number of nitrogens with one attached hydrogen (secondary N) is 1. The first-order valence-corrected chi connectivity index (χ1v) is 18.8. The van der Waals surface area contributed by atoms with Gasteiger partial charge in [-0.2, -0.15) is 0 Å². The summed E-state index contributed by atoms with van der Waals surface area (Å²) in [4.78, 5) is 32.5. The number of morpholine rings is 1. The van der Waals surface area contributed by atoms with Gasteiger partial charge in [-0.25, -0.2) is 9.46 Å². The van der Waals surface area contributed by atoms with Crippen LogP contribution in [0.1, 0.15) is 41.3 Å². The number of aromatic nitrogens is 2. The zero-order valence-electron chi connectivity index (χ0n) is 27.6. The van der Waals surface area contributed by atoms with Crippen molar-refractivity contribution < 1.29 is 13.8 Å². The van der Waals surface area contributed by atoms with Crippen LogP contribution in [0, 0.1) is 6.92 Å². The molecular formula is C36H43ClN5O5P. The van der Waals surface area contributed by atoms with Gasteiger partial charge in [-0.3, -0.25) is 23.8 Å². The van der Waals surface area contributed by atoms with Crippen LogP contribution < -0.4 is 11.2 Å². The van der Waals surface area contributed by atoms with Crippen LogP contribution in [0.4, 0.5) is 0 Å². The largest absolute Gasteiger partial charge is 0.363 e. The van der Waals surface area contributed by atoms with E-state index in [0.717, 1.165) is 29.5 Å². The number of piperidine rings is 1. The minimum atomic E-state index is -3.67. The fourth-order valence-corrected chi connectivity index (χ4v) is 8.93. The van der Waals surface area contributed by atoms with Crippen LogP contribution in [0.5, 0.6) is 0 Å². The minimum absolute atomic E-state index is 0.0626. The molecule has 2 aliphatic heterocycles. The number of ether oxygens (including phenoxy) is 1. The molecule has 0 amide bonds. The molecule has 3 aromatic carbocycles. The summed E-state index contributed by atoms with van der Waals surface area (Å²) in [6, 6.07) is 31.1. The molecule has 6 rings (SSSR count). The second kappa shape index (κ2) is 14.6. The first-order valence-electron chi connectivity index (χ1n) is 16.3. The average molecular weight is 692 g/mol. The standard InChI is InChI=1S/C36H43ClN5O5P/c1-27-23-42(35(44)38-34(27)43)33-25-40(24-32(47-33)26-46-48(37,45)41-21-19-31(20-22-41)39(2)3)36(28-13-7-4-8-14-28,29-15-9-5-10-16-29)30-17-11-6-12-18-30/h4-18,23,31-33H,19-22,24-26H2,1-3H3,(H,38,43,44). The van der Waals surface area contributed by atoms with Crippen molar-refractivity contribution in [2.75, 3.05) is 46.9 Å². The van der Waals surface area contributed by atoms with Crippen LogP contribution in [0.2, 0.25) is 0 Å². The second-order valence-corrected chi connectivity index (χ2v) is 15.8. The van der Waals surface area contributed by atoms with Gasteiger partial charge in [0.2, 0.25) is 0 Å². The quantitative estimate of drug-likeness (QED) is 0.174. The molecule has 4 aromatic rings. The molecule has 0 saturated carbocycles. The van der Waals surface area contributed by atoms with Crippen LogP contribution >= 0.6 is 18.1 Å². The maximum atomic E-state index is 13.8. The maximum absolute atomic E-state index is 13.8. The van der Waals surface area contributed by atoms with Gasteiger partial charge in [0.05, 0.1) is 18.2 Å². The summed E-state index contributed by atoms with van der Waals surface area (Å²) in [5, 5.41) is 0. The van der Waals surface area contributed by atoms with Crippen molar-refractivity contribution in [3.63, 3.8) is 0 Å².